The number of ether oxygens (including phenoxy) is 3. The van der Waals surface area contributed by atoms with E-state index in [1.807, 2.05) is 13.8 Å². The third-order valence-corrected chi connectivity index (χ3v) is 3.24. The summed E-state index contributed by atoms with van der Waals surface area (Å²) in [5, 5.41) is 0. The van der Waals surface area contributed by atoms with Crippen LogP contribution in [0.3, 0.4) is 0 Å². The summed E-state index contributed by atoms with van der Waals surface area (Å²) >= 11 is 3.56. The Morgan fingerprint density at radius 1 is 1.50 bits per heavy atom. The Kier molecular flexibility index (Phi) is 5.38. The molecule has 0 spiro atoms. The predicted octanol–water partition coefficient (Wildman–Crippen LogP) is 1.98. The number of alkyl halides is 1. The summed E-state index contributed by atoms with van der Waals surface area (Å²) in [7, 11) is 1.69. The van der Waals surface area contributed by atoms with Crippen LogP contribution in [0.5, 0.6) is 0 Å². The van der Waals surface area contributed by atoms with Crippen molar-refractivity contribution in [2.24, 2.45) is 0 Å². The topological polar surface area (TPSA) is 27.7 Å². The van der Waals surface area contributed by atoms with Gasteiger partial charge in [-0.3, -0.25) is 0 Å². The SMILES string of the molecule is CCOC1C(Br)CC1OC(C)COC. The molecular weight excluding hydrogens is 248 g/mol. The third-order valence-electron chi connectivity index (χ3n) is 2.35. The van der Waals surface area contributed by atoms with Gasteiger partial charge in [-0.25, -0.2) is 0 Å². The molecule has 1 saturated carbocycles. The van der Waals surface area contributed by atoms with Crippen molar-refractivity contribution in [3.63, 3.8) is 0 Å². The molecule has 0 aliphatic heterocycles. The molecule has 0 heterocycles. The van der Waals surface area contributed by atoms with Crippen LogP contribution in [0, 0.1) is 0 Å². The van der Waals surface area contributed by atoms with E-state index < -0.39 is 0 Å². The largest absolute Gasteiger partial charge is 0.382 e. The first-order chi connectivity index (χ1) is 6.69. The molecule has 0 bridgehead atoms. The van der Waals surface area contributed by atoms with Crippen molar-refractivity contribution in [3.05, 3.63) is 0 Å². The van der Waals surface area contributed by atoms with Crippen LogP contribution in [0.2, 0.25) is 0 Å². The molecule has 4 heteroatoms. The molecule has 1 aliphatic rings. The van der Waals surface area contributed by atoms with Crippen LogP contribution in [0.4, 0.5) is 0 Å². The maximum atomic E-state index is 5.78. The fraction of sp³-hybridized carbons (Fsp3) is 1.00. The Hall–Kier alpha value is 0.360. The highest BCUT2D eigenvalue weighted by Gasteiger charge is 2.41. The van der Waals surface area contributed by atoms with E-state index in [4.69, 9.17) is 14.2 Å². The summed E-state index contributed by atoms with van der Waals surface area (Å²) in [5.74, 6) is 0. The minimum Gasteiger partial charge on any atom is -0.382 e. The molecule has 0 N–H and O–H groups in total. The molecule has 0 radical (unpaired) electrons. The van der Waals surface area contributed by atoms with Crippen LogP contribution in [0.15, 0.2) is 0 Å². The number of hydrogen-bond donors (Lipinski definition) is 0. The van der Waals surface area contributed by atoms with Crippen molar-refractivity contribution < 1.29 is 14.2 Å². The zero-order valence-corrected chi connectivity index (χ0v) is 10.6. The maximum Gasteiger partial charge on any atom is 0.0962 e. The fourth-order valence-corrected chi connectivity index (χ4v) is 2.50. The van der Waals surface area contributed by atoms with E-state index in [2.05, 4.69) is 15.9 Å². The van der Waals surface area contributed by atoms with Gasteiger partial charge in [-0.2, -0.15) is 0 Å². The average Bonchev–Trinajstić information content (AvgIpc) is 2.14. The Morgan fingerprint density at radius 3 is 2.71 bits per heavy atom. The Bertz CT molecular complexity index is 165. The predicted molar refractivity (Wildman–Crippen MR) is 59.0 cm³/mol. The molecule has 14 heavy (non-hydrogen) atoms. The molecule has 0 amide bonds. The lowest BCUT2D eigenvalue weighted by atomic mass is 9.91. The van der Waals surface area contributed by atoms with Crippen molar-refractivity contribution in [1.82, 2.24) is 0 Å². The van der Waals surface area contributed by atoms with Crippen molar-refractivity contribution in [2.75, 3.05) is 20.3 Å². The molecule has 0 saturated heterocycles. The highest BCUT2D eigenvalue weighted by atomic mass is 79.9. The van der Waals surface area contributed by atoms with E-state index in [-0.39, 0.29) is 18.3 Å². The lowest BCUT2D eigenvalue weighted by Gasteiger charge is -2.41. The smallest absolute Gasteiger partial charge is 0.0962 e. The molecule has 1 fully saturated rings. The summed E-state index contributed by atoms with van der Waals surface area (Å²) in [6.45, 7) is 5.41. The first kappa shape index (κ1) is 12.4. The van der Waals surface area contributed by atoms with Crippen LogP contribution < -0.4 is 0 Å². The standard InChI is InChI=1S/C10H19BrO3/c1-4-13-10-8(11)5-9(10)14-7(2)6-12-3/h7-10H,4-6H2,1-3H3. The van der Waals surface area contributed by atoms with Crippen molar-refractivity contribution >= 4 is 15.9 Å². The zero-order valence-electron chi connectivity index (χ0n) is 9.03. The van der Waals surface area contributed by atoms with Gasteiger partial charge >= 0.3 is 0 Å². The van der Waals surface area contributed by atoms with Gasteiger partial charge < -0.3 is 14.2 Å². The highest BCUT2D eigenvalue weighted by Crippen LogP contribution is 2.33. The summed E-state index contributed by atoms with van der Waals surface area (Å²) in [5.41, 5.74) is 0. The third kappa shape index (κ3) is 3.19. The van der Waals surface area contributed by atoms with Gasteiger partial charge in [0, 0.05) is 18.5 Å². The van der Waals surface area contributed by atoms with E-state index in [0.717, 1.165) is 13.0 Å². The van der Waals surface area contributed by atoms with E-state index in [0.29, 0.717) is 11.4 Å². The van der Waals surface area contributed by atoms with Crippen LogP contribution >= 0.6 is 15.9 Å². The molecule has 0 aromatic rings. The zero-order chi connectivity index (χ0) is 10.6. The number of hydrogen-bond acceptors (Lipinski definition) is 3. The number of halogens is 1. The van der Waals surface area contributed by atoms with Crippen LogP contribution in [-0.4, -0.2) is 43.5 Å². The second-order valence-corrected chi connectivity index (χ2v) is 4.79. The molecule has 84 valence electrons. The van der Waals surface area contributed by atoms with Gasteiger partial charge in [0.05, 0.1) is 24.9 Å². The van der Waals surface area contributed by atoms with E-state index in [1.165, 1.54) is 0 Å². The minimum atomic E-state index is 0.146. The normalized spacial score (nSPS) is 33.9. The minimum absolute atomic E-state index is 0.146. The van der Waals surface area contributed by atoms with Crippen molar-refractivity contribution in [2.45, 2.75) is 43.4 Å². The van der Waals surface area contributed by atoms with Gasteiger partial charge in [0.25, 0.3) is 0 Å². The number of methoxy groups -OCH3 is 1. The van der Waals surface area contributed by atoms with Gasteiger partial charge in [-0.1, -0.05) is 15.9 Å². The van der Waals surface area contributed by atoms with Crippen LogP contribution in [0.25, 0.3) is 0 Å². The van der Waals surface area contributed by atoms with Crippen LogP contribution in [-0.2, 0) is 14.2 Å². The highest BCUT2D eigenvalue weighted by molar-refractivity contribution is 9.09. The first-order valence-corrected chi connectivity index (χ1v) is 6.00. The van der Waals surface area contributed by atoms with Crippen molar-refractivity contribution in [3.8, 4) is 0 Å². The quantitative estimate of drug-likeness (QED) is 0.689. The molecule has 4 atom stereocenters. The molecule has 1 rings (SSSR count). The number of rotatable bonds is 6. The van der Waals surface area contributed by atoms with Gasteiger partial charge in [0.15, 0.2) is 0 Å². The molecule has 4 unspecified atom stereocenters. The molecule has 1 aliphatic carbocycles. The summed E-state index contributed by atoms with van der Waals surface area (Å²) in [4.78, 5) is 0.446. The summed E-state index contributed by atoms with van der Waals surface area (Å²) in [6, 6.07) is 0. The second kappa shape index (κ2) is 6.05. The first-order valence-electron chi connectivity index (χ1n) is 5.09. The Morgan fingerprint density at radius 2 is 2.21 bits per heavy atom. The fourth-order valence-electron chi connectivity index (χ4n) is 1.64. The van der Waals surface area contributed by atoms with E-state index in [9.17, 15) is 0 Å². The van der Waals surface area contributed by atoms with Gasteiger partial charge in [0.2, 0.25) is 0 Å². The summed E-state index contributed by atoms with van der Waals surface area (Å²) in [6.07, 6.45) is 1.61. The Balaban J connectivity index is 2.24. The molecular formula is C10H19BrO3. The maximum absolute atomic E-state index is 5.78. The van der Waals surface area contributed by atoms with Gasteiger partial charge in [0.1, 0.15) is 0 Å². The molecule has 3 nitrogen and oxygen atoms in total. The van der Waals surface area contributed by atoms with Crippen molar-refractivity contribution in [1.29, 1.82) is 0 Å². The summed E-state index contributed by atoms with van der Waals surface area (Å²) < 4.78 is 16.4. The van der Waals surface area contributed by atoms with Crippen LogP contribution in [0.1, 0.15) is 20.3 Å². The van der Waals surface area contributed by atoms with Gasteiger partial charge in [-0.05, 0) is 20.3 Å². The molecule has 0 aromatic heterocycles. The molecule has 0 aromatic carbocycles. The second-order valence-electron chi connectivity index (χ2n) is 3.61. The monoisotopic (exact) mass is 266 g/mol. The lowest BCUT2D eigenvalue weighted by Crippen LogP contribution is -2.52. The van der Waals surface area contributed by atoms with E-state index in [1.54, 1.807) is 7.11 Å². The average molecular weight is 267 g/mol. The lowest BCUT2D eigenvalue weighted by molar-refractivity contribution is -0.149. The Labute approximate surface area is 94.2 Å². The van der Waals surface area contributed by atoms with Gasteiger partial charge in [-0.15, -0.1) is 0 Å². The van der Waals surface area contributed by atoms with E-state index >= 15 is 0 Å².